The van der Waals surface area contributed by atoms with E-state index in [1.54, 1.807) is 13.1 Å². The van der Waals surface area contributed by atoms with Crippen LogP contribution in [0.5, 0.6) is 0 Å². The highest BCUT2D eigenvalue weighted by Gasteiger charge is 2.15. The van der Waals surface area contributed by atoms with Crippen LogP contribution >= 0.6 is 0 Å². The van der Waals surface area contributed by atoms with Crippen molar-refractivity contribution in [2.75, 3.05) is 32.6 Å². The van der Waals surface area contributed by atoms with E-state index in [4.69, 9.17) is 4.74 Å². The van der Waals surface area contributed by atoms with Crippen LogP contribution < -0.4 is 5.32 Å². The summed E-state index contributed by atoms with van der Waals surface area (Å²) in [6.45, 7) is 3.07. The Bertz CT molecular complexity index is 1240. The van der Waals surface area contributed by atoms with E-state index < -0.39 is 6.09 Å². The summed E-state index contributed by atoms with van der Waals surface area (Å²) in [5.41, 5.74) is 6.43. The summed E-state index contributed by atoms with van der Waals surface area (Å²) in [5.74, 6) is 0.329. The molecule has 2 N–H and O–H groups in total. The molecule has 0 aliphatic rings. The quantitative estimate of drug-likeness (QED) is 0.366. The van der Waals surface area contributed by atoms with Gasteiger partial charge in [0, 0.05) is 29.7 Å². The Balaban J connectivity index is 0.00000324. The van der Waals surface area contributed by atoms with E-state index >= 15 is 0 Å². The molecule has 178 valence electrons. The molecule has 0 saturated heterocycles. The van der Waals surface area contributed by atoms with Crippen LogP contribution in [0.3, 0.4) is 0 Å². The molecule has 8 heteroatoms. The number of hydrogen-bond acceptors (Lipinski definition) is 6. The monoisotopic (exact) mass is 460 g/mol. The molecule has 0 saturated carbocycles. The number of H-pyrrole nitrogens is 1. The molecule has 8 nitrogen and oxygen atoms in total. The van der Waals surface area contributed by atoms with E-state index in [1.165, 1.54) is 5.56 Å². The zero-order valence-corrected chi connectivity index (χ0v) is 19.1. The van der Waals surface area contributed by atoms with Gasteiger partial charge in [-0.25, -0.2) is 9.78 Å². The number of nitrogens with one attached hydrogen (secondary N) is 2. The number of hydrogen-bond donors (Lipinski definition) is 2. The Hall–Kier alpha value is -3.78. The van der Waals surface area contributed by atoms with Crippen LogP contribution in [0.4, 0.5) is 10.7 Å². The molecule has 3 aromatic heterocycles. The van der Waals surface area contributed by atoms with Crippen LogP contribution in [0.1, 0.15) is 26.3 Å². The van der Waals surface area contributed by atoms with Gasteiger partial charge < -0.3 is 14.6 Å². The fourth-order valence-corrected chi connectivity index (χ4v) is 3.71. The van der Waals surface area contributed by atoms with E-state index in [-0.39, 0.29) is 14.0 Å². The Morgan fingerprint density at radius 3 is 2.74 bits per heavy atom. The Labute approximate surface area is 200 Å². The molecular weight excluding hydrogens is 428 g/mol. The second-order valence-electron chi connectivity index (χ2n) is 8.05. The number of fused-ring (bicyclic) bond motifs is 1. The van der Waals surface area contributed by atoms with Crippen LogP contribution in [0, 0.1) is 0 Å². The first kappa shape index (κ1) is 24.9. The van der Waals surface area contributed by atoms with Crippen LogP contribution in [0.25, 0.3) is 33.4 Å². The standard InChI is InChI=1S/C25H28N6O2.CH4/c1-4-33-25(32)30-24-28-22-15-19(18-8-5-10-26-16-18)14-20(23(22)29-24)21-13-17(9-11-27-21)7-6-12-31(2)3;/h5,8-11,13-16H,4,6-7,12H2,1-3H3,(H2,28,29,30,32);1H4. The maximum atomic E-state index is 11.9. The zero-order valence-electron chi connectivity index (χ0n) is 19.1. The number of benzene rings is 1. The molecule has 0 aliphatic heterocycles. The van der Waals surface area contributed by atoms with Crippen molar-refractivity contribution < 1.29 is 9.53 Å². The second-order valence-corrected chi connectivity index (χ2v) is 8.05. The SMILES string of the molecule is C.CCOC(=O)Nc1nc2c(-c3cc(CCCN(C)C)ccn3)cc(-c3cccnc3)cc2[nH]1. The van der Waals surface area contributed by atoms with E-state index in [1.807, 2.05) is 30.6 Å². The fraction of sp³-hybridized carbons (Fsp3) is 0.308. The predicted octanol–water partition coefficient (Wildman–Crippen LogP) is 5.39. The number of carbonyl (C=O) groups is 1. The number of aryl methyl sites for hydroxylation is 1. The first-order valence-electron chi connectivity index (χ1n) is 11.0. The van der Waals surface area contributed by atoms with Crippen molar-refractivity contribution in [3.63, 3.8) is 0 Å². The summed E-state index contributed by atoms with van der Waals surface area (Å²) in [6, 6.07) is 12.2. The first-order chi connectivity index (χ1) is 16.0. The van der Waals surface area contributed by atoms with Crippen LogP contribution in [-0.2, 0) is 11.2 Å². The van der Waals surface area contributed by atoms with Gasteiger partial charge in [0.2, 0.25) is 5.95 Å². The van der Waals surface area contributed by atoms with Gasteiger partial charge in [0.15, 0.2) is 0 Å². The number of rotatable bonds is 8. The zero-order chi connectivity index (χ0) is 23.2. The number of imidazole rings is 1. The van der Waals surface area contributed by atoms with Gasteiger partial charge in [-0.15, -0.1) is 0 Å². The molecule has 4 aromatic rings. The lowest BCUT2D eigenvalue weighted by atomic mass is 9.99. The lowest BCUT2D eigenvalue weighted by Crippen LogP contribution is -2.14. The average Bonchev–Trinajstić information content (AvgIpc) is 3.21. The van der Waals surface area contributed by atoms with Gasteiger partial charge in [-0.3, -0.25) is 15.3 Å². The normalized spacial score (nSPS) is 10.8. The molecule has 0 spiro atoms. The maximum Gasteiger partial charge on any atom is 0.413 e. The molecule has 0 radical (unpaired) electrons. The van der Waals surface area contributed by atoms with Crippen LogP contribution in [0.2, 0.25) is 0 Å². The third-order valence-electron chi connectivity index (χ3n) is 5.25. The van der Waals surface area contributed by atoms with Gasteiger partial charge in [-0.2, -0.15) is 0 Å². The van der Waals surface area contributed by atoms with E-state index in [9.17, 15) is 4.79 Å². The molecule has 1 aromatic carbocycles. The van der Waals surface area contributed by atoms with Crippen LogP contribution in [0.15, 0.2) is 55.0 Å². The number of aromatic amines is 1. The molecule has 0 aliphatic carbocycles. The van der Waals surface area contributed by atoms with Gasteiger partial charge in [-0.05, 0) is 81.9 Å². The Morgan fingerprint density at radius 1 is 1.15 bits per heavy atom. The first-order valence-corrected chi connectivity index (χ1v) is 11.0. The summed E-state index contributed by atoms with van der Waals surface area (Å²) in [6.07, 6.45) is 6.90. The van der Waals surface area contributed by atoms with Crippen molar-refractivity contribution >= 4 is 23.1 Å². The van der Waals surface area contributed by atoms with E-state index in [0.29, 0.717) is 5.95 Å². The smallest absolute Gasteiger partial charge is 0.413 e. The number of ether oxygens (including phenoxy) is 1. The summed E-state index contributed by atoms with van der Waals surface area (Å²) in [7, 11) is 4.16. The third-order valence-corrected chi connectivity index (χ3v) is 5.25. The predicted molar refractivity (Wildman–Crippen MR) is 137 cm³/mol. The second kappa shape index (κ2) is 11.4. The molecule has 3 heterocycles. The van der Waals surface area contributed by atoms with Crippen molar-refractivity contribution in [2.45, 2.75) is 27.2 Å². The highest BCUT2D eigenvalue weighted by molar-refractivity contribution is 5.97. The molecular formula is C26H32N6O2. The highest BCUT2D eigenvalue weighted by atomic mass is 16.5. The van der Waals surface area contributed by atoms with Gasteiger partial charge in [0.05, 0.1) is 23.3 Å². The van der Waals surface area contributed by atoms with Crippen molar-refractivity contribution in [1.82, 2.24) is 24.8 Å². The van der Waals surface area contributed by atoms with Gasteiger partial charge in [0.1, 0.15) is 0 Å². The molecule has 0 atom stereocenters. The number of anilines is 1. The van der Waals surface area contributed by atoms with Crippen molar-refractivity contribution in [3.05, 3.63) is 60.6 Å². The van der Waals surface area contributed by atoms with Gasteiger partial charge in [-0.1, -0.05) is 13.5 Å². The molecule has 0 fully saturated rings. The largest absolute Gasteiger partial charge is 0.450 e. The summed E-state index contributed by atoms with van der Waals surface area (Å²) in [4.78, 5) is 30.8. The molecule has 4 rings (SSSR count). The number of pyridine rings is 2. The van der Waals surface area contributed by atoms with E-state index in [2.05, 4.69) is 62.4 Å². The van der Waals surface area contributed by atoms with Crippen LogP contribution in [-0.4, -0.2) is 58.2 Å². The summed E-state index contributed by atoms with van der Waals surface area (Å²) in [5, 5.41) is 2.65. The van der Waals surface area contributed by atoms with Crippen molar-refractivity contribution in [3.8, 4) is 22.4 Å². The minimum atomic E-state index is -0.549. The average molecular weight is 461 g/mol. The minimum Gasteiger partial charge on any atom is -0.450 e. The molecule has 0 unspecified atom stereocenters. The summed E-state index contributed by atoms with van der Waals surface area (Å²) < 4.78 is 4.99. The maximum absolute atomic E-state index is 11.9. The van der Waals surface area contributed by atoms with Gasteiger partial charge >= 0.3 is 6.09 Å². The third kappa shape index (κ3) is 5.96. The topological polar surface area (TPSA) is 96.0 Å². The fourth-order valence-electron chi connectivity index (χ4n) is 3.71. The minimum absolute atomic E-state index is 0. The lowest BCUT2D eigenvalue weighted by molar-refractivity contribution is 0.167. The number of carbonyl (C=O) groups excluding carboxylic acids is 1. The number of nitrogens with zero attached hydrogens (tertiary/aromatic N) is 4. The summed E-state index contributed by atoms with van der Waals surface area (Å²) >= 11 is 0. The van der Waals surface area contributed by atoms with Crippen molar-refractivity contribution in [1.29, 1.82) is 0 Å². The highest BCUT2D eigenvalue weighted by Crippen LogP contribution is 2.33. The van der Waals surface area contributed by atoms with E-state index in [0.717, 1.165) is 52.8 Å². The Morgan fingerprint density at radius 2 is 2.00 bits per heavy atom. The van der Waals surface area contributed by atoms with Crippen molar-refractivity contribution in [2.24, 2.45) is 0 Å². The lowest BCUT2D eigenvalue weighted by Gasteiger charge is -2.10. The number of amides is 1. The van der Waals surface area contributed by atoms with Gasteiger partial charge in [0.25, 0.3) is 0 Å². The molecule has 1 amide bonds. The molecule has 34 heavy (non-hydrogen) atoms. The molecule has 0 bridgehead atoms. The number of aromatic nitrogens is 4. The Kier molecular flexibility index (Phi) is 8.32.